The van der Waals surface area contributed by atoms with Gasteiger partial charge in [0.1, 0.15) is 0 Å². The topological polar surface area (TPSA) is 82.5 Å². The van der Waals surface area contributed by atoms with E-state index in [1.165, 1.54) is 5.56 Å². The number of benzene rings is 1. The number of nitrogen functional groups attached to an aromatic ring is 1. The third-order valence-electron chi connectivity index (χ3n) is 3.10. The van der Waals surface area contributed by atoms with Gasteiger partial charge in [-0.15, -0.1) is 0 Å². The van der Waals surface area contributed by atoms with E-state index in [4.69, 9.17) is 5.73 Å². The molecule has 0 atom stereocenters. The summed E-state index contributed by atoms with van der Waals surface area (Å²) in [6, 6.07) is 10.00. The monoisotopic (exact) mass is 280 g/mol. The Morgan fingerprint density at radius 1 is 1.10 bits per heavy atom. The van der Waals surface area contributed by atoms with Crippen LogP contribution in [0.15, 0.2) is 42.7 Å². The van der Waals surface area contributed by atoms with Crippen LogP contribution in [0.1, 0.15) is 18.9 Å². The summed E-state index contributed by atoms with van der Waals surface area (Å²) < 4.78 is 1.56. The Kier molecular flexibility index (Phi) is 3.59. The summed E-state index contributed by atoms with van der Waals surface area (Å²) in [5.74, 6) is 1.15. The predicted octanol–water partition coefficient (Wildman–Crippen LogP) is 2.26. The van der Waals surface area contributed by atoms with Crippen molar-refractivity contribution in [2.75, 3.05) is 5.73 Å². The molecule has 3 aromatic rings. The molecular formula is C15H16N6. The maximum atomic E-state index is 5.78. The second kappa shape index (κ2) is 5.70. The lowest BCUT2D eigenvalue weighted by molar-refractivity contribution is 0.801. The first-order valence-electron chi connectivity index (χ1n) is 6.87. The van der Waals surface area contributed by atoms with Crippen molar-refractivity contribution in [2.45, 2.75) is 19.8 Å². The molecule has 0 aliphatic carbocycles. The first-order valence-corrected chi connectivity index (χ1v) is 6.87. The lowest BCUT2D eigenvalue weighted by Gasteiger charge is -2.06. The molecule has 0 radical (unpaired) electrons. The summed E-state index contributed by atoms with van der Waals surface area (Å²) in [4.78, 5) is 12.7. The summed E-state index contributed by atoms with van der Waals surface area (Å²) >= 11 is 0. The van der Waals surface area contributed by atoms with Crippen LogP contribution in [-0.4, -0.2) is 24.7 Å². The number of anilines is 1. The third kappa shape index (κ3) is 2.89. The van der Waals surface area contributed by atoms with Crippen molar-refractivity contribution in [1.29, 1.82) is 0 Å². The number of hydrogen-bond donors (Lipinski definition) is 1. The Balaban J connectivity index is 1.98. The molecule has 0 aliphatic heterocycles. The molecule has 3 rings (SSSR count). The lowest BCUT2D eigenvalue weighted by Crippen LogP contribution is -2.07. The SMILES string of the molecule is CCCc1ccc(-c2nc(N)nc(-n3cccn3)n2)cc1. The van der Waals surface area contributed by atoms with Crippen LogP contribution in [0.2, 0.25) is 0 Å². The van der Waals surface area contributed by atoms with Crippen LogP contribution in [0.4, 0.5) is 5.95 Å². The predicted molar refractivity (Wildman–Crippen MR) is 80.8 cm³/mol. The molecule has 21 heavy (non-hydrogen) atoms. The van der Waals surface area contributed by atoms with E-state index in [1.54, 1.807) is 23.1 Å². The van der Waals surface area contributed by atoms with Crippen molar-refractivity contribution >= 4 is 5.95 Å². The molecule has 6 nitrogen and oxygen atoms in total. The minimum absolute atomic E-state index is 0.183. The van der Waals surface area contributed by atoms with Crippen molar-refractivity contribution in [2.24, 2.45) is 0 Å². The van der Waals surface area contributed by atoms with E-state index in [2.05, 4.69) is 39.1 Å². The maximum Gasteiger partial charge on any atom is 0.255 e. The van der Waals surface area contributed by atoms with Gasteiger partial charge in [-0.2, -0.15) is 20.1 Å². The van der Waals surface area contributed by atoms with Crippen LogP contribution < -0.4 is 5.73 Å². The molecule has 1 aromatic carbocycles. The van der Waals surface area contributed by atoms with E-state index >= 15 is 0 Å². The van der Waals surface area contributed by atoms with Crippen LogP contribution in [0.5, 0.6) is 0 Å². The zero-order chi connectivity index (χ0) is 14.7. The Morgan fingerprint density at radius 2 is 1.90 bits per heavy atom. The minimum atomic E-state index is 0.183. The smallest absolute Gasteiger partial charge is 0.255 e. The number of nitrogens with zero attached hydrogens (tertiary/aromatic N) is 5. The molecular weight excluding hydrogens is 264 g/mol. The van der Waals surface area contributed by atoms with E-state index in [-0.39, 0.29) is 5.95 Å². The molecule has 0 aliphatic rings. The molecule has 0 fully saturated rings. The van der Waals surface area contributed by atoms with E-state index in [1.807, 2.05) is 12.1 Å². The van der Waals surface area contributed by atoms with Gasteiger partial charge < -0.3 is 5.73 Å². The molecule has 0 saturated carbocycles. The Hall–Kier alpha value is -2.76. The fraction of sp³-hybridized carbons (Fsp3) is 0.200. The van der Waals surface area contributed by atoms with E-state index in [9.17, 15) is 0 Å². The Bertz CT molecular complexity index is 718. The Morgan fingerprint density at radius 3 is 2.57 bits per heavy atom. The molecule has 0 bridgehead atoms. The van der Waals surface area contributed by atoms with Gasteiger partial charge in [-0.25, -0.2) is 4.68 Å². The number of aromatic nitrogens is 5. The second-order valence-electron chi connectivity index (χ2n) is 4.71. The fourth-order valence-electron chi connectivity index (χ4n) is 2.11. The number of aryl methyl sites for hydroxylation is 1. The van der Waals surface area contributed by atoms with Crippen LogP contribution in [0.3, 0.4) is 0 Å². The highest BCUT2D eigenvalue weighted by atomic mass is 15.4. The second-order valence-corrected chi connectivity index (χ2v) is 4.71. The summed E-state index contributed by atoms with van der Waals surface area (Å²) in [6.07, 6.45) is 5.63. The van der Waals surface area contributed by atoms with Gasteiger partial charge in [0.25, 0.3) is 5.95 Å². The molecule has 106 valence electrons. The zero-order valence-corrected chi connectivity index (χ0v) is 11.8. The van der Waals surface area contributed by atoms with Gasteiger partial charge >= 0.3 is 0 Å². The quantitative estimate of drug-likeness (QED) is 0.792. The van der Waals surface area contributed by atoms with Crippen molar-refractivity contribution < 1.29 is 0 Å². The molecule has 0 spiro atoms. The first kappa shape index (κ1) is 13.2. The van der Waals surface area contributed by atoms with Gasteiger partial charge in [0, 0.05) is 18.0 Å². The highest BCUT2D eigenvalue weighted by Gasteiger charge is 2.08. The van der Waals surface area contributed by atoms with Crippen molar-refractivity contribution in [3.63, 3.8) is 0 Å². The fourth-order valence-corrected chi connectivity index (χ4v) is 2.11. The summed E-state index contributed by atoms with van der Waals surface area (Å²) in [6.45, 7) is 2.16. The molecule has 6 heteroatoms. The van der Waals surface area contributed by atoms with Gasteiger partial charge in [0.15, 0.2) is 5.82 Å². The van der Waals surface area contributed by atoms with Crippen molar-refractivity contribution in [3.8, 4) is 17.3 Å². The first-order chi connectivity index (χ1) is 10.3. The molecule has 2 N–H and O–H groups in total. The van der Waals surface area contributed by atoms with Gasteiger partial charge in [-0.05, 0) is 18.1 Å². The zero-order valence-electron chi connectivity index (χ0n) is 11.8. The van der Waals surface area contributed by atoms with Gasteiger partial charge in [0.2, 0.25) is 5.95 Å². The van der Waals surface area contributed by atoms with Gasteiger partial charge in [-0.1, -0.05) is 37.6 Å². The number of nitrogens with two attached hydrogens (primary N) is 1. The van der Waals surface area contributed by atoms with Gasteiger partial charge in [0.05, 0.1) is 0 Å². The largest absolute Gasteiger partial charge is 0.368 e. The molecule has 0 saturated heterocycles. The Labute approximate surface area is 122 Å². The van der Waals surface area contributed by atoms with Crippen molar-refractivity contribution in [3.05, 3.63) is 48.3 Å². The number of hydrogen-bond acceptors (Lipinski definition) is 5. The maximum absolute atomic E-state index is 5.78. The van der Waals surface area contributed by atoms with Crippen LogP contribution >= 0.6 is 0 Å². The highest BCUT2D eigenvalue weighted by Crippen LogP contribution is 2.18. The summed E-state index contributed by atoms with van der Waals surface area (Å²) in [5, 5.41) is 4.11. The molecule has 2 heterocycles. The molecule has 2 aromatic heterocycles. The third-order valence-corrected chi connectivity index (χ3v) is 3.10. The van der Waals surface area contributed by atoms with E-state index in [0.29, 0.717) is 11.8 Å². The highest BCUT2D eigenvalue weighted by molar-refractivity contribution is 5.57. The molecule has 0 unspecified atom stereocenters. The minimum Gasteiger partial charge on any atom is -0.368 e. The number of rotatable bonds is 4. The normalized spacial score (nSPS) is 10.7. The van der Waals surface area contributed by atoms with Crippen LogP contribution in [0, 0.1) is 0 Å². The van der Waals surface area contributed by atoms with Crippen LogP contribution in [-0.2, 0) is 6.42 Å². The van der Waals surface area contributed by atoms with E-state index in [0.717, 1.165) is 18.4 Å². The van der Waals surface area contributed by atoms with Gasteiger partial charge in [-0.3, -0.25) is 0 Å². The summed E-state index contributed by atoms with van der Waals surface area (Å²) in [5.41, 5.74) is 7.99. The standard InChI is InChI=1S/C15H16N6/c1-2-4-11-5-7-12(8-6-11)13-18-14(16)20-15(19-13)21-10-3-9-17-21/h3,5-10H,2,4H2,1H3,(H2,16,18,19,20). The summed E-state index contributed by atoms with van der Waals surface area (Å²) in [7, 11) is 0. The average Bonchev–Trinajstić information content (AvgIpc) is 3.02. The van der Waals surface area contributed by atoms with E-state index < -0.39 is 0 Å². The lowest BCUT2D eigenvalue weighted by atomic mass is 10.1. The van der Waals surface area contributed by atoms with Crippen LogP contribution in [0.25, 0.3) is 17.3 Å². The average molecular weight is 280 g/mol. The molecule has 0 amide bonds. The van der Waals surface area contributed by atoms with Crippen molar-refractivity contribution in [1.82, 2.24) is 24.7 Å².